The van der Waals surface area contributed by atoms with E-state index in [1.54, 1.807) is 0 Å². The summed E-state index contributed by atoms with van der Waals surface area (Å²) in [5.74, 6) is 2.49. The van der Waals surface area contributed by atoms with Crippen molar-refractivity contribution in [1.82, 2.24) is 0 Å². The fourth-order valence-corrected chi connectivity index (χ4v) is 4.41. The quantitative estimate of drug-likeness (QED) is 0.515. The molecule has 4 aliphatic carbocycles. The van der Waals surface area contributed by atoms with Crippen LogP contribution in [0.25, 0.3) is 0 Å². The second-order valence-electron chi connectivity index (χ2n) is 5.56. The van der Waals surface area contributed by atoms with Crippen molar-refractivity contribution in [3.05, 3.63) is 0 Å². The van der Waals surface area contributed by atoms with Gasteiger partial charge in [0.05, 0.1) is 0 Å². The van der Waals surface area contributed by atoms with Crippen molar-refractivity contribution in [3.63, 3.8) is 0 Å². The minimum absolute atomic E-state index is 0. The Morgan fingerprint density at radius 3 is 1.71 bits per heavy atom. The molecule has 4 bridgehead atoms. The maximum atomic E-state index is 11.5. The first-order valence-electron chi connectivity index (χ1n) is 5.48. The number of rotatable bonds is 1. The van der Waals surface area contributed by atoms with Crippen molar-refractivity contribution in [3.8, 4) is 0 Å². The van der Waals surface area contributed by atoms with Crippen molar-refractivity contribution in [1.29, 1.82) is 0 Å². The number of hydrogen-bond acceptors (Lipinski definition) is 1. The smallest absolute Gasteiger partial charge is 1.00 e. The van der Waals surface area contributed by atoms with Crippen LogP contribution in [-0.2, 0) is 4.79 Å². The van der Waals surface area contributed by atoms with E-state index in [9.17, 15) is 4.79 Å². The van der Waals surface area contributed by atoms with Gasteiger partial charge in [0.25, 0.3) is 0 Å². The molecule has 0 atom stereocenters. The molecular weight excluding hydrogens is 169 g/mol. The molecule has 0 aromatic rings. The second kappa shape index (κ2) is 3.29. The zero-order valence-corrected chi connectivity index (χ0v) is 8.96. The molecule has 1 amide bonds. The zero-order chi connectivity index (χ0) is 9.05. The monoisotopic (exact) mass is 187 g/mol. The van der Waals surface area contributed by atoms with E-state index in [2.05, 4.69) is 0 Å². The third-order valence-corrected chi connectivity index (χ3v) is 4.56. The molecule has 0 heterocycles. The average molecular weight is 187 g/mol. The zero-order valence-electron chi connectivity index (χ0n) is 9.96. The number of carbonyl (C=O) groups excluding carboxylic acids is 1. The molecule has 4 fully saturated rings. The Morgan fingerprint density at radius 1 is 1.07 bits per heavy atom. The van der Waals surface area contributed by atoms with Gasteiger partial charge in [-0.25, -0.2) is 0 Å². The summed E-state index contributed by atoms with van der Waals surface area (Å²) in [7, 11) is 0. The Labute approximate surface area is 98.7 Å². The first kappa shape index (κ1) is 10.6. The van der Waals surface area contributed by atoms with Crippen LogP contribution in [0.3, 0.4) is 0 Å². The van der Waals surface area contributed by atoms with Gasteiger partial charge in [0, 0.05) is 5.41 Å². The molecule has 0 aromatic carbocycles. The molecule has 4 aliphatic rings. The van der Waals surface area contributed by atoms with Crippen molar-refractivity contribution >= 4 is 5.91 Å². The molecule has 0 aromatic heterocycles. The molecule has 0 unspecified atom stereocenters. The van der Waals surface area contributed by atoms with Crippen molar-refractivity contribution in [2.75, 3.05) is 0 Å². The van der Waals surface area contributed by atoms with E-state index in [4.69, 9.17) is 5.73 Å². The van der Waals surface area contributed by atoms with E-state index in [1.807, 2.05) is 0 Å². The van der Waals surface area contributed by atoms with Crippen LogP contribution < -0.4 is 24.6 Å². The summed E-state index contributed by atoms with van der Waals surface area (Å²) in [6, 6.07) is 0. The summed E-state index contributed by atoms with van der Waals surface area (Å²) in [6.07, 6.45) is 7.46. The summed E-state index contributed by atoms with van der Waals surface area (Å²) < 4.78 is 0. The van der Waals surface area contributed by atoms with Crippen LogP contribution in [0.15, 0.2) is 0 Å². The second-order valence-corrected chi connectivity index (χ2v) is 5.56. The standard InChI is InChI=1S/C11H17NO.Li.H/c12-10(13)11-4-7-1-8(5-11)3-9(2-7)6-11;;/h7-9H,1-6H2,(H2,12,13);;/q;+1;-1. The largest absolute Gasteiger partial charge is 1.00 e. The predicted molar refractivity (Wildman–Crippen MR) is 50.9 cm³/mol. The molecule has 14 heavy (non-hydrogen) atoms. The Hall–Kier alpha value is 0.0674. The van der Waals surface area contributed by atoms with Crippen molar-refractivity contribution in [2.24, 2.45) is 28.9 Å². The van der Waals surface area contributed by atoms with Gasteiger partial charge in [0.1, 0.15) is 0 Å². The summed E-state index contributed by atoms with van der Waals surface area (Å²) >= 11 is 0. The minimum Gasteiger partial charge on any atom is -1.00 e. The molecule has 74 valence electrons. The maximum absolute atomic E-state index is 11.5. The molecule has 0 saturated heterocycles. The van der Waals surface area contributed by atoms with E-state index in [0.29, 0.717) is 0 Å². The van der Waals surface area contributed by atoms with Crippen molar-refractivity contribution < 1.29 is 25.1 Å². The van der Waals surface area contributed by atoms with Crippen LogP contribution in [0.4, 0.5) is 0 Å². The van der Waals surface area contributed by atoms with Gasteiger partial charge >= 0.3 is 18.9 Å². The molecule has 0 radical (unpaired) electrons. The third kappa shape index (κ3) is 1.35. The fraction of sp³-hybridized carbons (Fsp3) is 0.909. The van der Waals surface area contributed by atoms with Crippen LogP contribution in [0.2, 0.25) is 0 Å². The van der Waals surface area contributed by atoms with Crippen LogP contribution in [0, 0.1) is 23.2 Å². The van der Waals surface area contributed by atoms with Gasteiger partial charge in [-0.05, 0) is 56.3 Å². The molecule has 2 nitrogen and oxygen atoms in total. The first-order chi connectivity index (χ1) is 6.18. The minimum atomic E-state index is -0.0608. The van der Waals surface area contributed by atoms with Gasteiger partial charge in [-0.15, -0.1) is 0 Å². The molecule has 0 spiro atoms. The fourth-order valence-electron chi connectivity index (χ4n) is 4.41. The normalized spacial score (nSPS) is 48.7. The molecule has 3 heteroatoms. The Bertz CT molecular complexity index is 234. The van der Waals surface area contributed by atoms with Crippen LogP contribution in [0.1, 0.15) is 40.0 Å². The number of hydrogen-bond donors (Lipinski definition) is 1. The van der Waals surface area contributed by atoms with E-state index >= 15 is 0 Å². The maximum Gasteiger partial charge on any atom is 1.00 e. The Kier molecular flexibility index (Phi) is 2.48. The SMILES string of the molecule is NC(=O)C12CC3CC(CC(C3)C1)C2.[H-].[Li+]. The summed E-state index contributed by atoms with van der Waals surface area (Å²) in [6.45, 7) is 0. The predicted octanol–water partition coefficient (Wildman–Crippen LogP) is -1.20. The Balaban J connectivity index is 0.000000562. The van der Waals surface area contributed by atoms with Gasteiger partial charge in [-0.3, -0.25) is 4.79 Å². The van der Waals surface area contributed by atoms with E-state index < -0.39 is 0 Å². The first-order valence-corrected chi connectivity index (χ1v) is 5.48. The number of carbonyl (C=O) groups is 1. The van der Waals surface area contributed by atoms with E-state index in [1.165, 1.54) is 19.3 Å². The molecule has 4 rings (SSSR count). The number of amides is 1. The van der Waals surface area contributed by atoms with Gasteiger partial charge in [-0.1, -0.05) is 0 Å². The summed E-state index contributed by atoms with van der Waals surface area (Å²) in [5, 5.41) is 0. The summed E-state index contributed by atoms with van der Waals surface area (Å²) in [5.41, 5.74) is 5.49. The molecule has 4 saturated carbocycles. The third-order valence-electron chi connectivity index (χ3n) is 4.56. The van der Waals surface area contributed by atoms with E-state index in [0.717, 1.165) is 37.0 Å². The van der Waals surface area contributed by atoms with Gasteiger partial charge in [-0.2, -0.15) is 0 Å². The van der Waals surface area contributed by atoms with Crippen LogP contribution in [0.5, 0.6) is 0 Å². The molecule has 0 aliphatic heterocycles. The topological polar surface area (TPSA) is 43.1 Å². The number of primary amides is 1. The van der Waals surface area contributed by atoms with Gasteiger partial charge in [0.15, 0.2) is 0 Å². The van der Waals surface area contributed by atoms with Crippen LogP contribution in [-0.4, -0.2) is 5.91 Å². The van der Waals surface area contributed by atoms with Crippen molar-refractivity contribution in [2.45, 2.75) is 38.5 Å². The molecular formula is C11H18LiNO. The number of nitrogens with two attached hydrogens (primary N) is 1. The average Bonchev–Trinajstić information content (AvgIpc) is 2.00. The molecule has 2 N–H and O–H groups in total. The summed E-state index contributed by atoms with van der Waals surface area (Å²) in [4.78, 5) is 11.5. The van der Waals surface area contributed by atoms with E-state index in [-0.39, 0.29) is 31.6 Å². The van der Waals surface area contributed by atoms with Crippen LogP contribution >= 0.6 is 0 Å². The van der Waals surface area contributed by atoms with Gasteiger partial charge < -0.3 is 7.16 Å². The Morgan fingerprint density at radius 2 is 1.43 bits per heavy atom. The van der Waals surface area contributed by atoms with Gasteiger partial charge in [0.2, 0.25) is 5.91 Å².